The van der Waals surface area contributed by atoms with Crippen molar-refractivity contribution in [2.45, 2.75) is 18.4 Å². The summed E-state index contributed by atoms with van der Waals surface area (Å²) in [4.78, 5) is 2.35. The maximum absolute atomic E-state index is 12.8. The Bertz CT molecular complexity index is 863. The Kier molecular flexibility index (Phi) is 5.71. The third-order valence-electron chi connectivity index (χ3n) is 4.50. The zero-order valence-corrected chi connectivity index (χ0v) is 16.3. The molecular formula is C18H20Cl2N2O2S. The normalized spacial score (nSPS) is 16.9. The number of rotatable bonds is 4. The van der Waals surface area contributed by atoms with Gasteiger partial charge in [0.2, 0.25) is 10.0 Å². The third-order valence-corrected chi connectivity index (χ3v) is 7.11. The second-order valence-electron chi connectivity index (χ2n) is 6.18. The van der Waals surface area contributed by atoms with Crippen LogP contribution in [0.5, 0.6) is 0 Å². The largest absolute Gasteiger partial charge is 0.296 e. The van der Waals surface area contributed by atoms with E-state index in [1.807, 2.05) is 12.1 Å². The van der Waals surface area contributed by atoms with E-state index in [0.29, 0.717) is 31.2 Å². The highest BCUT2D eigenvalue weighted by Crippen LogP contribution is 2.28. The van der Waals surface area contributed by atoms with Crippen molar-refractivity contribution in [1.29, 1.82) is 0 Å². The molecule has 1 saturated heterocycles. The van der Waals surface area contributed by atoms with E-state index in [-0.39, 0.29) is 9.92 Å². The van der Waals surface area contributed by atoms with E-state index in [9.17, 15) is 8.42 Å². The van der Waals surface area contributed by atoms with Gasteiger partial charge in [-0.3, -0.25) is 4.90 Å². The summed E-state index contributed by atoms with van der Waals surface area (Å²) in [6.07, 6.45) is 0. The highest BCUT2D eigenvalue weighted by atomic mass is 35.5. The molecule has 7 heteroatoms. The molecule has 0 radical (unpaired) electrons. The monoisotopic (exact) mass is 398 g/mol. The van der Waals surface area contributed by atoms with Crippen LogP contribution in [0.3, 0.4) is 0 Å². The molecule has 1 aliphatic rings. The van der Waals surface area contributed by atoms with Gasteiger partial charge in [-0.05, 0) is 36.2 Å². The molecule has 2 aromatic rings. The molecule has 134 valence electrons. The van der Waals surface area contributed by atoms with Gasteiger partial charge in [-0.15, -0.1) is 0 Å². The van der Waals surface area contributed by atoms with E-state index in [1.54, 1.807) is 6.07 Å². The zero-order valence-electron chi connectivity index (χ0n) is 14.0. The molecule has 4 nitrogen and oxygen atoms in total. The Morgan fingerprint density at radius 1 is 1.00 bits per heavy atom. The summed E-state index contributed by atoms with van der Waals surface area (Å²) in [6, 6.07) is 12.8. The second-order valence-corrected chi connectivity index (χ2v) is 8.93. The topological polar surface area (TPSA) is 40.6 Å². The summed E-state index contributed by atoms with van der Waals surface area (Å²) in [6.45, 7) is 5.18. The first-order valence-corrected chi connectivity index (χ1v) is 10.3. The lowest BCUT2D eigenvalue weighted by Crippen LogP contribution is -2.48. The number of aryl methyl sites for hydroxylation is 1. The number of nitrogens with zero attached hydrogens (tertiary/aromatic N) is 2. The van der Waals surface area contributed by atoms with Gasteiger partial charge < -0.3 is 0 Å². The summed E-state index contributed by atoms with van der Waals surface area (Å²) in [7, 11) is -3.63. The van der Waals surface area contributed by atoms with Crippen LogP contribution >= 0.6 is 23.2 Å². The number of benzene rings is 2. The lowest BCUT2D eigenvalue weighted by atomic mass is 10.1. The Morgan fingerprint density at radius 2 is 1.68 bits per heavy atom. The van der Waals surface area contributed by atoms with Crippen LogP contribution in [0, 0.1) is 6.92 Å². The first-order valence-electron chi connectivity index (χ1n) is 8.10. The van der Waals surface area contributed by atoms with Crippen LogP contribution in [0.15, 0.2) is 47.4 Å². The van der Waals surface area contributed by atoms with E-state index in [1.165, 1.54) is 27.6 Å². The Balaban J connectivity index is 1.69. The van der Waals surface area contributed by atoms with Crippen LogP contribution < -0.4 is 0 Å². The predicted octanol–water partition coefficient (Wildman–Crippen LogP) is 3.81. The van der Waals surface area contributed by atoms with Gasteiger partial charge in [0.15, 0.2) is 0 Å². The van der Waals surface area contributed by atoms with Crippen LogP contribution in [0.1, 0.15) is 11.1 Å². The van der Waals surface area contributed by atoms with Gasteiger partial charge in [-0.25, -0.2) is 8.42 Å². The molecule has 1 aliphatic heterocycles. The quantitative estimate of drug-likeness (QED) is 0.785. The van der Waals surface area contributed by atoms with Crippen molar-refractivity contribution < 1.29 is 8.42 Å². The van der Waals surface area contributed by atoms with Crippen LogP contribution in [0.2, 0.25) is 10.0 Å². The molecule has 2 aromatic carbocycles. The molecule has 0 aromatic heterocycles. The summed E-state index contributed by atoms with van der Waals surface area (Å²) in [5.74, 6) is 0. The number of piperazine rings is 1. The zero-order chi connectivity index (χ0) is 18.0. The highest BCUT2D eigenvalue weighted by Gasteiger charge is 2.30. The summed E-state index contributed by atoms with van der Waals surface area (Å²) in [5, 5.41) is 0.563. The fourth-order valence-electron chi connectivity index (χ4n) is 2.97. The lowest BCUT2D eigenvalue weighted by molar-refractivity contribution is 0.181. The summed E-state index contributed by atoms with van der Waals surface area (Å²) in [5.41, 5.74) is 2.53. The van der Waals surface area contributed by atoms with Crippen molar-refractivity contribution in [3.63, 3.8) is 0 Å². The molecular weight excluding hydrogens is 379 g/mol. The summed E-state index contributed by atoms with van der Waals surface area (Å²) >= 11 is 12.0. The molecule has 0 N–H and O–H groups in total. The van der Waals surface area contributed by atoms with Gasteiger partial charge in [-0.1, -0.05) is 47.5 Å². The smallest absolute Gasteiger partial charge is 0.244 e. The SMILES string of the molecule is Cc1ccccc1CN1CCN(S(=O)(=O)c2cc(Cl)ccc2Cl)CC1. The molecule has 0 bridgehead atoms. The maximum atomic E-state index is 12.8. The van der Waals surface area contributed by atoms with Gasteiger partial charge in [0.1, 0.15) is 4.90 Å². The van der Waals surface area contributed by atoms with Crippen molar-refractivity contribution in [1.82, 2.24) is 9.21 Å². The maximum Gasteiger partial charge on any atom is 0.244 e. The first kappa shape index (κ1) is 18.7. The van der Waals surface area contributed by atoms with Gasteiger partial charge in [0, 0.05) is 37.7 Å². The third kappa shape index (κ3) is 4.18. The number of hydrogen-bond acceptors (Lipinski definition) is 3. The fraction of sp³-hybridized carbons (Fsp3) is 0.333. The number of halogens is 2. The van der Waals surface area contributed by atoms with Gasteiger partial charge in [-0.2, -0.15) is 4.31 Å². The van der Waals surface area contributed by atoms with E-state index >= 15 is 0 Å². The van der Waals surface area contributed by atoms with Crippen LogP contribution in [-0.2, 0) is 16.6 Å². The second kappa shape index (κ2) is 7.64. The minimum absolute atomic E-state index is 0.0778. The Hall–Kier alpha value is -1.11. The van der Waals surface area contributed by atoms with E-state index < -0.39 is 10.0 Å². The van der Waals surface area contributed by atoms with Crippen molar-refractivity contribution >= 4 is 33.2 Å². The molecule has 3 rings (SSSR count). The molecule has 25 heavy (non-hydrogen) atoms. The van der Waals surface area contributed by atoms with Crippen molar-refractivity contribution in [3.05, 3.63) is 63.6 Å². The number of hydrogen-bond donors (Lipinski definition) is 0. The molecule has 1 heterocycles. The van der Waals surface area contributed by atoms with Gasteiger partial charge >= 0.3 is 0 Å². The van der Waals surface area contributed by atoms with Gasteiger partial charge in [0.25, 0.3) is 0 Å². The Morgan fingerprint density at radius 3 is 2.36 bits per heavy atom. The minimum Gasteiger partial charge on any atom is -0.296 e. The highest BCUT2D eigenvalue weighted by molar-refractivity contribution is 7.89. The molecule has 0 aliphatic carbocycles. The van der Waals surface area contributed by atoms with Crippen LogP contribution in [0.25, 0.3) is 0 Å². The average molecular weight is 399 g/mol. The molecule has 0 spiro atoms. The minimum atomic E-state index is -3.63. The average Bonchev–Trinajstić information content (AvgIpc) is 2.59. The van der Waals surface area contributed by atoms with Crippen molar-refractivity contribution in [2.24, 2.45) is 0 Å². The van der Waals surface area contributed by atoms with Crippen molar-refractivity contribution in [3.8, 4) is 0 Å². The molecule has 0 atom stereocenters. The Labute approximate surface area is 159 Å². The molecule has 0 amide bonds. The van der Waals surface area contributed by atoms with Crippen LogP contribution in [-0.4, -0.2) is 43.8 Å². The number of sulfonamides is 1. The summed E-state index contributed by atoms with van der Waals surface area (Å²) < 4.78 is 27.2. The molecule has 1 fully saturated rings. The molecule has 0 unspecified atom stereocenters. The van der Waals surface area contributed by atoms with Gasteiger partial charge in [0.05, 0.1) is 5.02 Å². The lowest BCUT2D eigenvalue weighted by Gasteiger charge is -2.34. The standard InChI is InChI=1S/C18H20Cl2N2O2S/c1-14-4-2-3-5-15(14)13-21-8-10-22(11-9-21)25(23,24)18-12-16(19)6-7-17(18)20/h2-7,12H,8-11,13H2,1H3. The van der Waals surface area contributed by atoms with Crippen LogP contribution in [0.4, 0.5) is 0 Å². The van der Waals surface area contributed by atoms with E-state index in [2.05, 4.69) is 24.0 Å². The van der Waals surface area contributed by atoms with E-state index in [4.69, 9.17) is 23.2 Å². The predicted molar refractivity (Wildman–Crippen MR) is 102 cm³/mol. The first-order chi connectivity index (χ1) is 11.9. The molecule has 0 saturated carbocycles. The van der Waals surface area contributed by atoms with E-state index in [0.717, 1.165) is 6.54 Å². The van der Waals surface area contributed by atoms with Crippen molar-refractivity contribution in [2.75, 3.05) is 26.2 Å². The fourth-order valence-corrected chi connectivity index (χ4v) is 5.13.